The average molecular weight is 220 g/mol. The van der Waals surface area contributed by atoms with E-state index in [9.17, 15) is 4.79 Å². The van der Waals surface area contributed by atoms with Gasteiger partial charge < -0.3 is 9.84 Å². The number of rotatable bonds is 2. The quantitative estimate of drug-likeness (QED) is 0.774. The van der Waals surface area contributed by atoms with E-state index >= 15 is 0 Å². The van der Waals surface area contributed by atoms with Crippen molar-refractivity contribution in [2.45, 2.75) is 51.0 Å². The number of aromatic nitrogens is 1. The normalized spacial score (nSPS) is 20.0. The largest absolute Gasteiger partial charge is 0.360 e. The maximum Gasteiger partial charge on any atom is 0.273 e. The lowest BCUT2D eigenvalue weighted by molar-refractivity contribution is 0.0941. The number of fused-ring (bicyclic) bond motifs is 1. The van der Waals surface area contributed by atoms with E-state index in [1.54, 1.807) is 0 Å². The highest BCUT2D eigenvalue weighted by Gasteiger charge is 2.28. The summed E-state index contributed by atoms with van der Waals surface area (Å²) in [6.45, 7) is 0. The third kappa shape index (κ3) is 1.84. The fourth-order valence-corrected chi connectivity index (χ4v) is 2.22. The second-order valence-electron chi connectivity index (χ2n) is 4.74. The van der Waals surface area contributed by atoms with Gasteiger partial charge in [0.25, 0.3) is 5.91 Å². The Morgan fingerprint density at radius 2 is 2.06 bits per heavy atom. The standard InChI is InChI=1S/C12H16N2O2/c15-12(13-8-6-7-8)11-9-4-2-1-3-5-10(9)16-14-11/h8H,1-7H2,(H,13,15). The van der Waals surface area contributed by atoms with Gasteiger partial charge in [-0.15, -0.1) is 0 Å². The molecule has 4 nitrogen and oxygen atoms in total. The molecule has 86 valence electrons. The van der Waals surface area contributed by atoms with E-state index in [0.717, 1.165) is 49.8 Å². The molecule has 1 N–H and O–H groups in total. The fraction of sp³-hybridized carbons (Fsp3) is 0.667. The van der Waals surface area contributed by atoms with Crippen molar-refractivity contribution in [1.29, 1.82) is 0 Å². The molecule has 1 saturated carbocycles. The molecule has 4 heteroatoms. The van der Waals surface area contributed by atoms with Gasteiger partial charge in [-0.3, -0.25) is 4.79 Å². The van der Waals surface area contributed by atoms with Crippen LogP contribution in [0.5, 0.6) is 0 Å². The minimum atomic E-state index is -0.0469. The predicted octanol–water partition coefficient (Wildman–Crippen LogP) is 1.84. The number of amides is 1. The molecule has 1 aromatic heterocycles. The Morgan fingerprint density at radius 1 is 1.25 bits per heavy atom. The Kier molecular flexibility index (Phi) is 2.42. The third-order valence-corrected chi connectivity index (χ3v) is 3.33. The lowest BCUT2D eigenvalue weighted by Crippen LogP contribution is -2.26. The van der Waals surface area contributed by atoms with Crippen LogP contribution in [0.3, 0.4) is 0 Å². The summed E-state index contributed by atoms with van der Waals surface area (Å²) < 4.78 is 5.28. The number of carbonyl (C=O) groups is 1. The summed E-state index contributed by atoms with van der Waals surface area (Å²) in [7, 11) is 0. The Morgan fingerprint density at radius 3 is 2.88 bits per heavy atom. The Bertz CT molecular complexity index is 407. The van der Waals surface area contributed by atoms with Crippen LogP contribution in [0.25, 0.3) is 0 Å². The minimum Gasteiger partial charge on any atom is -0.360 e. The van der Waals surface area contributed by atoms with Crippen molar-refractivity contribution in [2.24, 2.45) is 0 Å². The minimum absolute atomic E-state index is 0.0469. The third-order valence-electron chi connectivity index (χ3n) is 3.33. The number of nitrogens with one attached hydrogen (secondary N) is 1. The molecular weight excluding hydrogens is 204 g/mol. The van der Waals surface area contributed by atoms with Crippen molar-refractivity contribution in [3.63, 3.8) is 0 Å². The van der Waals surface area contributed by atoms with E-state index in [1.165, 1.54) is 6.42 Å². The number of hydrogen-bond acceptors (Lipinski definition) is 3. The van der Waals surface area contributed by atoms with E-state index in [0.29, 0.717) is 11.7 Å². The monoisotopic (exact) mass is 220 g/mol. The molecule has 0 unspecified atom stereocenters. The van der Waals surface area contributed by atoms with E-state index in [1.807, 2.05) is 0 Å². The van der Waals surface area contributed by atoms with Crippen molar-refractivity contribution in [3.8, 4) is 0 Å². The number of carbonyl (C=O) groups excluding carboxylic acids is 1. The smallest absolute Gasteiger partial charge is 0.273 e. The van der Waals surface area contributed by atoms with E-state index in [-0.39, 0.29) is 5.91 Å². The molecule has 1 aromatic rings. The zero-order valence-corrected chi connectivity index (χ0v) is 9.29. The molecule has 3 rings (SSSR count). The lowest BCUT2D eigenvalue weighted by Gasteiger charge is -2.01. The van der Waals surface area contributed by atoms with Crippen LogP contribution in [0.4, 0.5) is 0 Å². The second kappa shape index (κ2) is 3.92. The molecule has 1 fully saturated rings. The fourth-order valence-electron chi connectivity index (χ4n) is 2.22. The molecule has 2 aliphatic carbocycles. The maximum absolute atomic E-state index is 11.9. The molecule has 0 spiro atoms. The summed E-state index contributed by atoms with van der Waals surface area (Å²) in [5.74, 6) is 0.882. The Labute approximate surface area is 94.4 Å². The van der Waals surface area contributed by atoms with Crippen molar-refractivity contribution >= 4 is 5.91 Å². The van der Waals surface area contributed by atoms with Gasteiger partial charge in [0.15, 0.2) is 5.69 Å². The molecule has 1 amide bonds. The van der Waals surface area contributed by atoms with Crippen molar-refractivity contribution in [2.75, 3.05) is 0 Å². The zero-order chi connectivity index (χ0) is 11.0. The Hall–Kier alpha value is -1.32. The summed E-state index contributed by atoms with van der Waals surface area (Å²) in [5.41, 5.74) is 1.58. The van der Waals surface area contributed by atoms with E-state index < -0.39 is 0 Å². The predicted molar refractivity (Wildman–Crippen MR) is 58.3 cm³/mol. The summed E-state index contributed by atoms with van der Waals surface area (Å²) in [5, 5.41) is 6.90. The van der Waals surface area contributed by atoms with Crippen LogP contribution >= 0.6 is 0 Å². The van der Waals surface area contributed by atoms with Crippen LogP contribution in [0, 0.1) is 0 Å². The molecular formula is C12H16N2O2. The average Bonchev–Trinajstić information content (AvgIpc) is 3.04. The van der Waals surface area contributed by atoms with Gasteiger partial charge in [0, 0.05) is 18.0 Å². The molecule has 0 saturated heterocycles. The molecule has 0 atom stereocenters. The van der Waals surface area contributed by atoms with Crippen LogP contribution < -0.4 is 5.32 Å². The summed E-state index contributed by atoms with van der Waals surface area (Å²) >= 11 is 0. The van der Waals surface area contributed by atoms with Crippen LogP contribution in [-0.2, 0) is 12.8 Å². The van der Waals surface area contributed by atoms with Gasteiger partial charge in [-0.05, 0) is 32.1 Å². The summed E-state index contributed by atoms with van der Waals surface area (Å²) in [4.78, 5) is 11.9. The first-order valence-corrected chi connectivity index (χ1v) is 6.13. The van der Waals surface area contributed by atoms with E-state index in [2.05, 4.69) is 10.5 Å². The van der Waals surface area contributed by atoms with Gasteiger partial charge in [0.1, 0.15) is 5.76 Å². The first-order chi connectivity index (χ1) is 7.84. The van der Waals surface area contributed by atoms with Crippen molar-refractivity contribution in [3.05, 3.63) is 17.0 Å². The highest BCUT2D eigenvalue weighted by molar-refractivity contribution is 5.94. The van der Waals surface area contributed by atoms with Crippen LogP contribution in [0.15, 0.2) is 4.52 Å². The molecule has 16 heavy (non-hydrogen) atoms. The van der Waals surface area contributed by atoms with Gasteiger partial charge in [-0.25, -0.2) is 0 Å². The first kappa shape index (κ1) is 9.87. The molecule has 0 bridgehead atoms. The van der Waals surface area contributed by atoms with Crippen molar-refractivity contribution in [1.82, 2.24) is 10.5 Å². The highest BCUT2D eigenvalue weighted by atomic mass is 16.5. The van der Waals surface area contributed by atoms with E-state index in [4.69, 9.17) is 4.52 Å². The number of nitrogens with zero attached hydrogens (tertiary/aromatic N) is 1. The van der Waals surface area contributed by atoms with Gasteiger partial charge >= 0.3 is 0 Å². The second-order valence-corrected chi connectivity index (χ2v) is 4.74. The molecule has 2 aliphatic rings. The van der Waals surface area contributed by atoms with Crippen LogP contribution in [0.1, 0.15) is 53.9 Å². The number of aryl methyl sites for hydroxylation is 1. The molecule has 0 radical (unpaired) electrons. The first-order valence-electron chi connectivity index (χ1n) is 6.13. The van der Waals surface area contributed by atoms with Gasteiger partial charge in [0.05, 0.1) is 0 Å². The Balaban J connectivity index is 1.82. The van der Waals surface area contributed by atoms with Crippen molar-refractivity contribution < 1.29 is 9.32 Å². The van der Waals surface area contributed by atoms with Crippen LogP contribution in [0.2, 0.25) is 0 Å². The lowest BCUT2D eigenvalue weighted by atomic mass is 10.1. The molecule has 0 aliphatic heterocycles. The number of hydrogen-bond donors (Lipinski definition) is 1. The van der Waals surface area contributed by atoms with Crippen LogP contribution in [-0.4, -0.2) is 17.1 Å². The molecule has 0 aromatic carbocycles. The topological polar surface area (TPSA) is 55.1 Å². The maximum atomic E-state index is 11.9. The highest BCUT2D eigenvalue weighted by Crippen LogP contribution is 2.25. The molecule has 1 heterocycles. The van der Waals surface area contributed by atoms with Gasteiger partial charge in [-0.2, -0.15) is 0 Å². The summed E-state index contributed by atoms with van der Waals surface area (Å²) in [6.07, 6.45) is 7.57. The zero-order valence-electron chi connectivity index (χ0n) is 9.29. The van der Waals surface area contributed by atoms with Gasteiger partial charge in [-0.1, -0.05) is 11.6 Å². The summed E-state index contributed by atoms with van der Waals surface area (Å²) in [6, 6.07) is 0.380. The van der Waals surface area contributed by atoms with Gasteiger partial charge in [0.2, 0.25) is 0 Å². The SMILES string of the molecule is O=C(NC1CC1)c1noc2c1CCCCC2.